The van der Waals surface area contributed by atoms with Crippen LogP contribution in [0.4, 0.5) is 4.79 Å². The molecule has 0 aliphatic heterocycles. The summed E-state index contributed by atoms with van der Waals surface area (Å²) in [7, 11) is 1.51. The van der Waals surface area contributed by atoms with E-state index in [0.717, 1.165) is 5.56 Å². The molecular formula is C17H24N2O5. The minimum Gasteiger partial charge on any atom is -0.496 e. The monoisotopic (exact) mass is 336 g/mol. The third-order valence-electron chi connectivity index (χ3n) is 2.88. The summed E-state index contributed by atoms with van der Waals surface area (Å²) >= 11 is 0. The number of esters is 1. The topological polar surface area (TPSA) is 93.7 Å². The maximum Gasteiger partial charge on any atom is 0.321 e. The van der Waals surface area contributed by atoms with Crippen LogP contribution in [0.5, 0.6) is 5.75 Å². The number of benzene rings is 1. The van der Waals surface area contributed by atoms with Crippen molar-refractivity contribution in [1.82, 2.24) is 10.6 Å². The van der Waals surface area contributed by atoms with E-state index >= 15 is 0 Å². The van der Waals surface area contributed by atoms with Gasteiger partial charge in [-0.25, -0.2) is 4.79 Å². The lowest BCUT2D eigenvalue weighted by Crippen LogP contribution is -2.49. The molecule has 0 saturated heterocycles. The summed E-state index contributed by atoms with van der Waals surface area (Å²) < 4.78 is 10.1. The van der Waals surface area contributed by atoms with E-state index in [1.54, 1.807) is 26.8 Å². The van der Waals surface area contributed by atoms with Crippen LogP contribution in [0.1, 0.15) is 31.9 Å². The first-order chi connectivity index (χ1) is 11.1. The van der Waals surface area contributed by atoms with Crippen molar-refractivity contribution in [1.29, 1.82) is 0 Å². The number of methoxy groups -OCH3 is 1. The van der Waals surface area contributed by atoms with Gasteiger partial charge in [-0.3, -0.25) is 14.9 Å². The van der Waals surface area contributed by atoms with Gasteiger partial charge in [-0.1, -0.05) is 17.7 Å². The molecule has 0 saturated carbocycles. The van der Waals surface area contributed by atoms with Crippen LogP contribution in [0.15, 0.2) is 18.2 Å². The molecule has 2 N–H and O–H groups in total. The highest BCUT2D eigenvalue weighted by atomic mass is 16.5. The second-order valence-corrected chi connectivity index (χ2v) is 6.41. The average Bonchev–Trinajstić information content (AvgIpc) is 2.43. The largest absolute Gasteiger partial charge is 0.496 e. The first-order valence-corrected chi connectivity index (χ1v) is 7.52. The van der Waals surface area contributed by atoms with Crippen molar-refractivity contribution in [2.75, 3.05) is 13.7 Å². The fourth-order valence-corrected chi connectivity index (χ4v) is 1.93. The van der Waals surface area contributed by atoms with Crippen LogP contribution in [0.3, 0.4) is 0 Å². The quantitative estimate of drug-likeness (QED) is 0.799. The molecule has 0 fully saturated rings. The predicted molar refractivity (Wildman–Crippen MR) is 88.8 cm³/mol. The minimum atomic E-state index is -0.693. The van der Waals surface area contributed by atoms with Crippen LogP contribution >= 0.6 is 0 Å². The Balaban J connectivity index is 2.48. The Labute approximate surface area is 141 Å². The summed E-state index contributed by atoms with van der Waals surface area (Å²) in [6, 6.07) is 4.82. The second kappa shape index (κ2) is 8.33. The van der Waals surface area contributed by atoms with E-state index in [0.29, 0.717) is 11.3 Å². The van der Waals surface area contributed by atoms with Crippen molar-refractivity contribution >= 4 is 17.9 Å². The van der Waals surface area contributed by atoms with Crippen LogP contribution in [0.2, 0.25) is 0 Å². The minimum absolute atomic E-state index is 0.0215. The lowest BCUT2D eigenvalue weighted by molar-refractivity contribution is -0.147. The molecule has 0 bridgehead atoms. The van der Waals surface area contributed by atoms with Gasteiger partial charge in [0.15, 0.2) is 6.61 Å². The van der Waals surface area contributed by atoms with E-state index in [9.17, 15) is 14.4 Å². The number of aryl methyl sites for hydroxylation is 1. The summed E-state index contributed by atoms with van der Waals surface area (Å²) in [5, 5.41) is 4.67. The van der Waals surface area contributed by atoms with E-state index in [1.807, 2.05) is 19.1 Å². The van der Waals surface area contributed by atoms with Crippen LogP contribution in [-0.4, -0.2) is 37.2 Å². The van der Waals surface area contributed by atoms with Gasteiger partial charge in [0.05, 0.1) is 13.5 Å². The maximum atomic E-state index is 11.9. The molecule has 1 aromatic rings. The molecule has 0 aliphatic carbocycles. The van der Waals surface area contributed by atoms with Crippen molar-refractivity contribution < 1.29 is 23.9 Å². The third-order valence-corrected chi connectivity index (χ3v) is 2.88. The first-order valence-electron chi connectivity index (χ1n) is 7.52. The predicted octanol–water partition coefficient (Wildman–Crippen LogP) is 1.71. The standard InChI is InChI=1S/C17H24N2O5/c1-11-6-7-13(23-5)12(8-11)9-15(21)24-10-14(20)18-16(22)19-17(2,3)4/h6-8H,9-10H2,1-5H3,(H2,18,19,20,22). The molecule has 1 aromatic carbocycles. The van der Waals surface area contributed by atoms with Crippen molar-refractivity contribution in [3.63, 3.8) is 0 Å². The smallest absolute Gasteiger partial charge is 0.321 e. The highest BCUT2D eigenvalue weighted by Gasteiger charge is 2.17. The fraction of sp³-hybridized carbons (Fsp3) is 0.471. The van der Waals surface area contributed by atoms with Gasteiger partial charge in [-0.05, 0) is 33.8 Å². The molecular weight excluding hydrogens is 312 g/mol. The van der Waals surface area contributed by atoms with E-state index in [1.165, 1.54) is 7.11 Å². The van der Waals surface area contributed by atoms with Crippen LogP contribution < -0.4 is 15.4 Å². The number of imide groups is 1. The molecule has 0 radical (unpaired) electrons. The van der Waals surface area contributed by atoms with E-state index < -0.39 is 30.1 Å². The highest BCUT2D eigenvalue weighted by Crippen LogP contribution is 2.20. The van der Waals surface area contributed by atoms with Gasteiger partial charge < -0.3 is 14.8 Å². The Morgan fingerprint density at radius 2 is 1.83 bits per heavy atom. The van der Waals surface area contributed by atoms with Gasteiger partial charge in [0, 0.05) is 11.1 Å². The van der Waals surface area contributed by atoms with Gasteiger partial charge in [-0.15, -0.1) is 0 Å². The third kappa shape index (κ3) is 7.13. The molecule has 0 aliphatic rings. The summed E-state index contributed by atoms with van der Waals surface area (Å²) in [6.07, 6.45) is -0.0215. The second-order valence-electron chi connectivity index (χ2n) is 6.41. The Hall–Kier alpha value is -2.57. The molecule has 0 atom stereocenters. The number of carbonyl (C=O) groups is 3. The SMILES string of the molecule is COc1ccc(C)cc1CC(=O)OCC(=O)NC(=O)NC(C)(C)C. The molecule has 132 valence electrons. The molecule has 1 rings (SSSR count). The van der Waals surface area contributed by atoms with Crippen LogP contribution in [0, 0.1) is 6.92 Å². The Morgan fingerprint density at radius 3 is 2.42 bits per heavy atom. The van der Waals surface area contributed by atoms with Crippen molar-refractivity contribution in [2.24, 2.45) is 0 Å². The maximum absolute atomic E-state index is 11.9. The van der Waals surface area contributed by atoms with Gasteiger partial charge >= 0.3 is 12.0 Å². The number of hydrogen-bond donors (Lipinski definition) is 2. The highest BCUT2D eigenvalue weighted by molar-refractivity contribution is 5.95. The Kier molecular flexibility index (Phi) is 6.76. The first kappa shape index (κ1) is 19.5. The van der Waals surface area contributed by atoms with Crippen LogP contribution in [-0.2, 0) is 20.7 Å². The average molecular weight is 336 g/mol. The fourth-order valence-electron chi connectivity index (χ4n) is 1.93. The molecule has 0 spiro atoms. The molecule has 0 unspecified atom stereocenters. The van der Waals surface area contributed by atoms with E-state index in [4.69, 9.17) is 9.47 Å². The Morgan fingerprint density at radius 1 is 1.17 bits per heavy atom. The van der Waals surface area contributed by atoms with Gasteiger partial charge in [0.2, 0.25) is 0 Å². The number of amides is 3. The number of rotatable bonds is 5. The zero-order valence-electron chi connectivity index (χ0n) is 14.7. The number of ether oxygens (including phenoxy) is 2. The molecule has 24 heavy (non-hydrogen) atoms. The number of hydrogen-bond acceptors (Lipinski definition) is 5. The van der Waals surface area contributed by atoms with Crippen LogP contribution in [0.25, 0.3) is 0 Å². The molecule has 7 nitrogen and oxygen atoms in total. The summed E-state index contributed by atoms with van der Waals surface area (Å²) in [6.45, 7) is 6.73. The lowest BCUT2D eigenvalue weighted by Gasteiger charge is -2.20. The Bertz CT molecular complexity index is 620. The van der Waals surface area contributed by atoms with Gasteiger partial charge in [0.1, 0.15) is 5.75 Å². The summed E-state index contributed by atoms with van der Waals surface area (Å²) in [5.74, 6) is -0.696. The molecule has 7 heteroatoms. The number of urea groups is 1. The van der Waals surface area contributed by atoms with Crippen molar-refractivity contribution in [2.45, 2.75) is 39.7 Å². The zero-order chi connectivity index (χ0) is 18.3. The normalized spacial score (nSPS) is 10.7. The molecule has 0 heterocycles. The van der Waals surface area contributed by atoms with Crippen molar-refractivity contribution in [3.8, 4) is 5.75 Å². The molecule has 3 amide bonds. The van der Waals surface area contributed by atoms with E-state index in [-0.39, 0.29) is 6.42 Å². The number of nitrogens with one attached hydrogen (secondary N) is 2. The number of carbonyl (C=O) groups excluding carboxylic acids is 3. The summed E-state index contributed by atoms with van der Waals surface area (Å²) in [5.41, 5.74) is 1.19. The van der Waals surface area contributed by atoms with Gasteiger partial charge in [-0.2, -0.15) is 0 Å². The van der Waals surface area contributed by atoms with E-state index in [2.05, 4.69) is 10.6 Å². The zero-order valence-corrected chi connectivity index (χ0v) is 14.7. The molecule has 0 aromatic heterocycles. The van der Waals surface area contributed by atoms with Crippen molar-refractivity contribution in [3.05, 3.63) is 29.3 Å². The summed E-state index contributed by atoms with van der Waals surface area (Å²) in [4.78, 5) is 35.0. The lowest BCUT2D eigenvalue weighted by atomic mass is 10.1. The van der Waals surface area contributed by atoms with Gasteiger partial charge in [0.25, 0.3) is 5.91 Å².